The van der Waals surface area contributed by atoms with E-state index in [1.54, 1.807) is 0 Å². The van der Waals surface area contributed by atoms with E-state index in [0.29, 0.717) is 0 Å². The van der Waals surface area contributed by atoms with Crippen LogP contribution in [-0.4, -0.2) is 11.2 Å². The van der Waals surface area contributed by atoms with Crippen molar-refractivity contribution in [1.29, 1.82) is 0 Å². The van der Waals surface area contributed by atoms with Crippen LogP contribution in [0.3, 0.4) is 0 Å². The molecule has 0 aliphatic carbocycles. The average Bonchev–Trinajstić information content (AvgIpc) is 2.64. The highest BCUT2D eigenvalue weighted by Crippen LogP contribution is 2.23. The van der Waals surface area contributed by atoms with Gasteiger partial charge in [-0.15, -0.1) is 0 Å². The van der Waals surface area contributed by atoms with Gasteiger partial charge in [-0.2, -0.15) is 0 Å². The van der Waals surface area contributed by atoms with Crippen LogP contribution >= 0.6 is 0 Å². The van der Waals surface area contributed by atoms with Crippen LogP contribution in [0.4, 0.5) is 0 Å². The summed E-state index contributed by atoms with van der Waals surface area (Å²) in [5, 5.41) is 10.8. The van der Waals surface area contributed by atoms with Crippen LogP contribution in [0.1, 0.15) is 56.6 Å². The molecule has 24 heavy (non-hydrogen) atoms. The first-order chi connectivity index (χ1) is 11.8. The summed E-state index contributed by atoms with van der Waals surface area (Å²) in [6, 6.07) is 20.7. The molecule has 0 aliphatic rings. The lowest BCUT2D eigenvalue weighted by molar-refractivity contribution is 0.222. The molecule has 2 rings (SSSR count). The molecule has 1 atom stereocenters. The number of aliphatic hydroxyl groups excluding tert-OH is 1. The second kappa shape index (κ2) is 10.8. The molecule has 2 aromatic rings. The molecule has 1 N–H and O–H groups in total. The molecule has 0 amide bonds. The largest absolute Gasteiger partial charge is 0.388 e. The summed E-state index contributed by atoms with van der Waals surface area (Å²) in [4.78, 5) is 0. The molecule has 1 nitrogen and oxygen atoms in total. The van der Waals surface area contributed by atoms with E-state index in [0.717, 1.165) is 30.4 Å². The Bertz CT molecular complexity index is 586. The second-order valence-corrected chi connectivity index (χ2v) is 6.41. The summed E-state index contributed by atoms with van der Waals surface area (Å²) in [7, 11) is 0. The van der Waals surface area contributed by atoms with Crippen LogP contribution in [0.2, 0.25) is 0 Å². The Hall–Kier alpha value is -1.86. The molecule has 0 fully saturated rings. The van der Waals surface area contributed by atoms with Crippen molar-refractivity contribution < 1.29 is 5.11 Å². The molecule has 0 saturated heterocycles. The lowest BCUT2D eigenvalue weighted by Gasteiger charge is -2.16. The normalized spacial score (nSPS) is 13.0. The summed E-state index contributed by atoms with van der Waals surface area (Å²) < 4.78 is 0. The predicted molar refractivity (Wildman–Crippen MR) is 104 cm³/mol. The van der Waals surface area contributed by atoms with E-state index >= 15 is 0 Å². The van der Waals surface area contributed by atoms with Gasteiger partial charge in [0.1, 0.15) is 0 Å². The maximum absolute atomic E-state index is 10.8. The van der Waals surface area contributed by atoms with E-state index in [9.17, 15) is 5.11 Å². The highest BCUT2D eigenvalue weighted by Gasteiger charge is 2.12. The van der Waals surface area contributed by atoms with Gasteiger partial charge in [-0.05, 0) is 42.4 Å². The van der Waals surface area contributed by atoms with Gasteiger partial charge in [-0.1, -0.05) is 92.9 Å². The zero-order valence-electron chi connectivity index (χ0n) is 14.8. The van der Waals surface area contributed by atoms with E-state index in [2.05, 4.69) is 49.4 Å². The molecule has 1 unspecified atom stereocenters. The molecule has 128 valence electrons. The van der Waals surface area contributed by atoms with Crippen LogP contribution < -0.4 is 0 Å². The molecule has 0 spiro atoms. The highest BCUT2D eigenvalue weighted by atomic mass is 16.3. The van der Waals surface area contributed by atoms with Gasteiger partial charge in [0.15, 0.2) is 0 Å². The van der Waals surface area contributed by atoms with Crippen molar-refractivity contribution in [2.75, 3.05) is 0 Å². The molecule has 2 aromatic carbocycles. The number of benzene rings is 2. The highest BCUT2D eigenvalue weighted by molar-refractivity contribution is 5.68. The van der Waals surface area contributed by atoms with E-state index in [4.69, 9.17) is 0 Å². The van der Waals surface area contributed by atoms with Crippen LogP contribution in [0, 0.1) is 0 Å². The molecule has 1 heteroatoms. The molecule has 0 saturated carbocycles. The van der Waals surface area contributed by atoms with Crippen LogP contribution in [0.15, 0.2) is 66.7 Å². The lowest BCUT2D eigenvalue weighted by atomic mass is 9.94. The molecule has 0 aromatic heterocycles. The Labute approximate surface area is 147 Å². The fraction of sp³-hybridized carbons (Fsp3) is 0.391. The van der Waals surface area contributed by atoms with Crippen molar-refractivity contribution in [3.05, 3.63) is 77.9 Å². The van der Waals surface area contributed by atoms with Gasteiger partial charge in [-0.25, -0.2) is 0 Å². The third-order valence-corrected chi connectivity index (χ3v) is 4.44. The second-order valence-electron chi connectivity index (χ2n) is 6.41. The van der Waals surface area contributed by atoms with Gasteiger partial charge in [-0.3, -0.25) is 0 Å². The first-order valence-corrected chi connectivity index (χ1v) is 9.28. The van der Waals surface area contributed by atoms with Crippen molar-refractivity contribution in [2.24, 2.45) is 0 Å². The number of hydrogen-bond donors (Lipinski definition) is 1. The molecular weight excluding hydrogens is 292 g/mol. The van der Waals surface area contributed by atoms with Crippen molar-refractivity contribution in [2.45, 2.75) is 58.0 Å². The minimum atomic E-state index is -0.404. The van der Waals surface area contributed by atoms with E-state index in [1.807, 2.05) is 24.3 Å². The van der Waals surface area contributed by atoms with E-state index < -0.39 is 6.10 Å². The molecular formula is C23H30O. The maximum atomic E-state index is 10.8. The number of unbranched alkanes of at least 4 members (excludes halogenated alkanes) is 4. The number of aryl methyl sites for hydroxylation is 1. The van der Waals surface area contributed by atoms with Gasteiger partial charge >= 0.3 is 0 Å². The number of hydrogen-bond acceptors (Lipinski definition) is 1. The molecule has 0 aliphatic heterocycles. The van der Waals surface area contributed by atoms with Gasteiger partial charge in [0.05, 0.1) is 6.10 Å². The third kappa shape index (κ3) is 6.33. The first-order valence-electron chi connectivity index (χ1n) is 9.28. The lowest BCUT2D eigenvalue weighted by Crippen LogP contribution is -2.11. The van der Waals surface area contributed by atoms with Crippen LogP contribution in [0.25, 0.3) is 5.57 Å². The van der Waals surface area contributed by atoms with E-state index in [-0.39, 0.29) is 0 Å². The SMILES string of the molecule is CCCCCC/C=C(\c1ccccc1)C(O)CCc1ccccc1. The Morgan fingerprint density at radius 1 is 0.917 bits per heavy atom. The quantitative estimate of drug-likeness (QED) is 0.529. The topological polar surface area (TPSA) is 20.2 Å². The minimum absolute atomic E-state index is 0.404. The van der Waals surface area contributed by atoms with Crippen molar-refractivity contribution >= 4 is 5.57 Å². The third-order valence-electron chi connectivity index (χ3n) is 4.44. The monoisotopic (exact) mass is 322 g/mol. The Morgan fingerprint density at radius 3 is 2.25 bits per heavy atom. The first kappa shape index (κ1) is 18.5. The standard InChI is InChI=1S/C23H30O/c1-2-3-4-5-12-17-22(21-15-10-7-11-16-21)23(24)19-18-20-13-8-6-9-14-20/h6-11,13-17,23-24H,2-5,12,18-19H2,1H3/b22-17+. The van der Waals surface area contributed by atoms with Gasteiger partial charge < -0.3 is 5.11 Å². The summed E-state index contributed by atoms with van der Waals surface area (Å²) in [5.41, 5.74) is 3.52. The predicted octanol–water partition coefficient (Wildman–Crippen LogP) is 6.03. The fourth-order valence-electron chi connectivity index (χ4n) is 3.01. The summed E-state index contributed by atoms with van der Waals surface area (Å²) in [5.74, 6) is 0. The maximum Gasteiger partial charge on any atom is 0.0795 e. The van der Waals surface area contributed by atoms with Crippen molar-refractivity contribution in [1.82, 2.24) is 0 Å². The molecule has 0 radical (unpaired) electrons. The summed E-state index contributed by atoms with van der Waals surface area (Å²) >= 11 is 0. The van der Waals surface area contributed by atoms with Crippen LogP contribution in [-0.2, 0) is 6.42 Å². The molecule has 0 bridgehead atoms. The Balaban J connectivity index is 2.00. The van der Waals surface area contributed by atoms with Gasteiger partial charge in [0.25, 0.3) is 0 Å². The zero-order chi connectivity index (χ0) is 17.0. The minimum Gasteiger partial charge on any atom is -0.388 e. The fourth-order valence-corrected chi connectivity index (χ4v) is 3.01. The Morgan fingerprint density at radius 2 is 1.58 bits per heavy atom. The number of rotatable bonds is 10. The van der Waals surface area contributed by atoms with Crippen LogP contribution in [0.5, 0.6) is 0 Å². The number of aliphatic hydroxyl groups is 1. The smallest absolute Gasteiger partial charge is 0.0795 e. The van der Waals surface area contributed by atoms with E-state index in [1.165, 1.54) is 31.2 Å². The van der Waals surface area contributed by atoms with Gasteiger partial charge in [0, 0.05) is 0 Å². The van der Waals surface area contributed by atoms with Crippen molar-refractivity contribution in [3.63, 3.8) is 0 Å². The summed E-state index contributed by atoms with van der Waals surface area (Å²) in [6.07, 6.45) is 9.60. The average molecular weight is 322 g/mol. The van der Waals surface area contributed by atoms with Crippen molar-refractivity contribution in [3.8, 4) is 0 Å². The molecule has 0 heterocycles. The van der Waals surface area contributed by atoms with Gasteiger partial charge in [0.2, 0.25) is 0 Å². The summed E-state index contributed by atoms with van der Waals surface area (Å²) in [6.45, 7) is 2.23. The Kier molecular flexibility index (Phi) is 8.34. The zero-order valence-corrected chi connectivity index (χ0v) is 14.8. The number of allylic oxidation sites excluding steroid dienone is 1.